The van der Waals surface area contributed by atoms with E-state index in [1.165, 1.54) is 44.6 Å². The standard InChI is InChI=1S/C27H33ClN4/c28-25-10-4-9-24-11-12-26(29-27(24)25)32-18-16-31(17-19-32)21-23-8-5-14-30(20-23)15-13-22-6-2-1-3-7-22/h1-4,6-7,9-12,23H,5,8,13-21H2. The Morgan fingerprint density at radius 3 is 2.53 bits per heavy atom. The van der Waals surface area contributed by atoms with Gasteiger partial charge in [-0.05, 0) is 55.5 Å². The molecule has 2 fully saturated rings. The van der Waals surface area contributed by atoms with E-state index in [9.17, 15) is 0 Å². The number of piperidine rings is 1. The minimum absolute atomic E-state index is 0.733. The Kier molecular flexibility index (Phi) is 6.92. The van der Waals surface area contributed by atoms with E-state index in [1.54, 1.807) is 0 Å². The van der Waals surface area contributed by atoms with Gasteiger partial charge in [-0.15, -0.1) is 0 Å². The molecule has 3 aromatic rings. The summed E-state index contributed by atoms with van der Waals surface area (Å²) in [6.07, 6.45) is 3.86. The summed E-state index contributed by atoms with van der Waals surface area (Å²) < 4.78 is 0. The fraction of sp³-hybridized carbons (Fsp3) is 0.444. The van der Waals surface area contributed by atoms with Crippen LogP contribution in [0.15, 0.2) is 60.7 Å². The smallest absolute Gasteiger partial charge is 0.129 e. The third kappa shape index (κ3) is 5.25. The van der Waals surface area contributed by atoms with Crippen molar-refractivity contribution < 1.29 is 0 Å². The number of para-hydroxylation sites is 1. The van der Waals surface area contributed by atoms with Crippen LogP contribution in [-0.2, 0) is 6.42 Å². The number of fused-ring (bicyclic) bond motifs is 1. The van der Waals surface area contributed by atoms with Gasteiger partial charge in [0.2, 0.25) is 0 Å². The lowest BCUT2D eigenvalue weighted by molar-refractivity contribution is 0.130. The average Bonchev–Trinajstić information content (AvgIpc) is 2.84. The number of pyridine rings is 1. The molecule has 0 bridgehead atoms. The molecule has 0 amide bonds. The summed E-state index contributed by atoms with van der Waals surface area (Å²) in [4.78, 5) is 12.6. The molecule has 1 unspecified atom stereocenters. The lowest BCUT2D eigenvalue weighted by atomic mass is 9.96. The highest BCUT2D eigenvalue weighted by Crippen LogP contribution is 2.25. The van der Waals surface area contributed by atoms with Crippen molar-refractivity contribution in [2.45, 2.75) is 19.3 Å². The predicted molar refractivity (Wildman–Crippen MR) is 135 cm³/mol. The molecule has 0 saturated carbocycles. The van der Waals surface area contributed by atoms with Gasteiger partial charge in [-0.3, -0.25) is 4.90 Å². The van der Waals surface area contributed by atoms with E-state index >= 15 is 0 Å². The molecule has 3 heterocycles. The Morgan fingerprint density at radius 2 is 1.69 bits per heavy atom. The van der Waals surface area contributed by atoms with Crippen molar-refractivity contribution in [3.8, 4) is 0 Å². The van der Waals surface area contributed by atoms with Crippen LogP contribution >= 0.6 is 11.6 Å². The number of halogens is 1. The fourth-order valence-electron chi connectivity index (χ4n) is 5.24. The quantitative estimate of drug-likeness (QED) is 0.531. The maximum atomic E-state index is 6.38. The minimum atomic E-state index is 0.733. The average molecular weight is 449 g/mol. The SMILES string of the molecule is Clc1cccc2ccc(N3CCN(CC4CCCN(CCc5ccccc5)C4)CC3)nc12. The Morgan fingerprint density at radius 1 is 0.844 bits per heavy atom. The molecule has 1 aromatic heterocycles. The normalized spacial score (nSPS) is 20.7. The van der Waals surface area contributed by atoms with E-state index in [-0.39, 0.29) is 0 Å². The van der Waals surface area contributed by atoms with E-state index in [0.717, 1.165) is 60.3 Å². The van der Waals surface area contributed by atoms with E-state index < -0.39 is 0 Å². The topological polar surface area (TPSA) is 22.6 Å². The monoisotopic (exact) mass is 448 g/mol. The van der Waals surface area contributed by atoms with Crippen LogP contribution in [0.5, 0.6) is 0 Å². The number of piperazine rings is 1. The first-order chi connectivity index (χ1) is 15.7. The molecule has 2 aliphatic heterocycles. The van der Waals surface area contributed by atoms with Gasteiger partial charge in [0, 0.05) is 51.2 Å². The number of likely N-dealkylation sites (tertiary alicyclic amines) is 1. The molecule has 5 heteroatoms. The molecule has 32 heavy (non-hydrogen) atoms. The molecule has 0 radical (unpaired) electrons. The fourth-order valence-corrected chi connectivity index (χ4v) is 5.46. The molecular weight excluding hydrogens is 416 g/mol. The van der Waals surface area contributed by atoms with Gasteiger partial charge >= 0.3 is 0 Å². The third-order valence-electron chi connectivity index (χ3n) is 7.03. The second-order valence-electron chi connectivity index (χ2n) is 9.31. The van der Waals surface area contributed by atoms with Crippen molar-refractivity contribution in [2.75, 3.05) is 57.3 Å². The second-order valence-corrected chi connectivity index (χ2v) is 9.72. The van der Waals surface area contributed by atoms with Crippen LogP contribution in [0.1, 0.15) is 18.4 Å². The Labute approximate surface area is 196 Å². The number of benzene rings is 2. The molecular formula is C27H33ClN4. The van der Waals surface area contributed by atoms with Gasteiger partial charge in [0.05, 0.1) is 10.5 Å². The van der Waals surface area contributed by atoms with E-state index in [0.29, 0.717) is 0 Å². The van der Waals surface area contributed by atoms with Crippen LogP contribution < -0.4 is 4.90 Å². The van der Waals surface area contributed by atoms with Crippen molar-refractivity contribution in [1.82, 2.24) is 14.8 Å². The Bertz CT molecular complexity index is 1020. The summed E-state index contributed by atoms with van der Waals surface area (Å²) in [6.45, 7) is 9.22. The zero-order chi connectivity index (χ0) is 21.8. The van der Waals surface area contributed by atoms with E-state index in [4.69, 9.17) is 16.6 Å². The second kappa shape index (κ2) is 10.2. The van der Waals surface area contributed by atoms with Crippen molar-refractivity contribution in [3.63, 3.8) is 0 Å². The summed E-state index contributed by atoms with van der Waals surface area (Å²) in [5, 5.41) is 1.84. The number of nitrogens with zero attached hydrogens (tertiary/aromatic N) is 4. The summed E-state index contributed by atoms with van der Waals surface area (Å²) in [5.41, 5.74) is 2.36. The molecule has 5 rings (SSSR count). The Balaban J connectivity index is 1.11. The maximum absolute atomic E-state index is 6.38. The van der Waals surface area contributed by atoms with Gasteiger partial charge in [-0.1, -0.05) is 54.1 Å². The molecule has 2 aromatic carbocycles. The number of hydrogen-bond donors (Lipinski definition) is 0. The Hall–Kier alpha value is -2.14. The first-order valence-electron chi connectivity index (χ1n) is 12.0. The van der Waals surface area contributed by atoms with Gasteiger partial charge < -0.3 is 9.80 Å². The van der Waals surface area contributed by atoms with E-state index in [2.05, 4.69) is 63.2 Å². The van der Waals surface area contributed by atoms with Crippen LogP contribution in [0.3, 0.4) is 0 Å². The number of hydrogen-bond acceptors (Lipinski definition) is 4. The van der Waals surface area contributed by atoms with E-state index in [1.807, 2.05) is 12.1 Å². The van der Waals surface area contributed by atoms with Gasteiger partial charge in [0.1, 0.15) is 5.82 Å². The van der Waals surface area contributed by atoms with Crippen molar-refractivity contribution in [1.29, 1.82) is 0 Å². The number of anilines is 1. The lowest BCUT2D eigenvalue weighted by Crippen LogP contribution is -2.50. The molecule has 0 aliphatic carbocycles. The highest BCUT2D eigenvalue weighted by Gasteiger charge is 2.25. The molecule has 4 nitrogen and oxygen atoms in total. The molecule has 0 spiro atoms. The zero-order valence-electron chi connectivity index (χ0n) is 18.8. The van der Waals surface area contributed by atoms with Crippen LogP contribution in [0.4, 0.5) is 5.82 Å². The lowest BCUT2D eigenvalue weighted by Gasteiger charge is -2.39. The van der Waals surface area contributed by atoms with Gasteiger partial charge in [-0.2, -0.15) is 0 Å². The van der Waals surface area contributed by atoms with Crippen LogP contribution in [-0.4, -0.2) is 67.1 Å². The first-order valence-corrected chi connectivity index (χ1v) is 12.4. The largest absolute Gasteiger partial charge is 0.354 e. The summed E-state index contributed by atoms with van der Waals surface area (Å²) in [7, 11) is 0. The molecule has 168 valence electrons. The van der Waals surface area contributed by atoms with Crippen molar-refractivity contribution in [3.05, 3.63) is 71.2 Å². The highest BCUT2D eigenvalue weighted by atomic mass is 35.5. The van der Waals surface area contributed by atoms with Gasteiger partial charge in [0.25, 0.3) is 0 Å². The first kappa shape index (κ1) is 21.7. The number of rotatable bonds is 6. The minimum Gasteiger partial charge on any atom is -0.354 e. The van der Waals surface area contributed by atoms with Crippen molar-refractivity contribution >= 4 is 28.3 Å². The van der Waals surface area contributed by atoms with Crippen LogP contribution in [0, 0.1) is 5.92 Å². The summed E-state index contributed by atoms with van der Waals surface area (Å²) in [6, 6.07) is 21.2. The maximum Gasteiger partial charge on any atom is 0.129 e. The molecule has 2 saturated heterocycles. The third-order valence-corrected chi connectivity index (χ3v) is 7.34. The van der Waals surface area contributed by atoms with Crippen molar-refractivity contribution in [2.24, 2.45) is 5.92 Å². The molecule has 2 aliphatic rings. The molecule has 0 N–H and O–H groups in total. The highest BCUT2D eigenvalue weighted by molar-refractivity contribution is 6.35. The predicted octanol–water partition coefficient (Wildman–Crippen LogP) is 4.96. The zero-order valence-corrected chi connectivity index (χ0v) is 19.6. The number of aromatic nitrogens is 1. The van der Waals surface area contributed by atoms with Crippen LogP contribution in [0.2, 0.25) is 5.02 Å². The van der Waals surface area contributed by atoms with Gasteiger partial charge in [-0.25, -0.2) is 4.98 Å². The van der Waals surface area contributed by atoms with Gasteiger partial charge in [0.15, 0.2) is 0 Å². The summed E-state index contributed by atoms with van der Waals surface area (Å²) in [5.74, 6) is 1.85. The van der Waals surface area contributed by atoms with Crippen LogP contribution in [0.25, 0.3) is 10.9 Å². The summed E-state index contributed by atoms with van der Waals surface area (Å²) >= 11 is 6.38. The molecule has 1 atom stereocenters.